The Kier molecular flexibility index (Phi) is 11.1. The number of ketones is 1. The van der Waals surface area contributed by atoms with E-state index in [1.54, 1.807) is 0 Å². The van der Waals surface area contributed by atoms with Gasteiger partial charge in [0.25, 0.3) is 0 Å². The Hall–Kier alpha value is -1.40. The summed E-state index contributed by atoms with van der Waals surface area (Å²) < 4.78 is 10.8. The lowest BCUT2D eigenvalue weighted by Crippen LogP contribution is -2.29. The minimum absolute atomic E-state index is 0.00139. The molecule has 6 nitrogen and oxygen atoms in total. The Morgan fingerprint density at radius 3 is 2.88 bits per heavy atom. The van der Waals surface area contributed by atoms with Crippen molar-refractivity contribution in [3.63, 3.8) is 0 Å². The number of hydrogen-bond acceptors (Lipinski definition) is 5. The molecule has 0 saturated heterocycles. The Morgan fingerprint density at radius 1 is 1.25 bits per heavy atom. The van der Waals surface area contributed by atoms with Crippen LogP contribution < -0.4 is 11.1 Å². The number of amides is 1. The fourth-order valence-corrected chi connectivity index (χ4v) is 2.54. The second-order valence-electron chi connectivity index (χ2n) is 6.25. The Bertz CT molecular complexity index is 398. The lowest BCUT2D eigenvalue weighted by Gasteiger charge is -2.16. The molecule has 1 rings (SSSR count). The fraction of sp³-hybridized carbons (Fsp3) is 0.778. The number of unbranched alkanes of at least 4 members (excludes halogenated alkanes) is 1. The third-order valence-corrected chi connectivity index (χ3v) is 4.09. The maximum absolute atomic E-state index is 11.5. The van der Waals surface area contributed by atoms with Gasteiger partial charge in [0.05, 0.1) is 18.8 Å². The van der Waals surface area contributed by atoms with Gasteiger partial charge in [-0.3, -0.25) is 4.79 Å². The SMILES string of the molecule is CC(=O)C(N)CCCCNC(=O)OCCOC1/C=C/CCCCC1. The summed E-state index contributed by atoms with van der Waals surface area (Å²) in [7, 11) is 0. The molecule has 138 valence electrons. The Labute approximate surface area is 145 Å². The zero-order valence-corrected chi connectivity index (χ0v) is 14.8. The number of allylic oxidation sites excluding steroid dienone is 1. The van der Waals surface area contributed by atoms with Gasteiger partial charge in [-0.2, -0.15) is 0 Å². The van der Waals surface area contributed by atoms with Crippen molar-refractivity contribution >= 4 is 11.9 Å². The summed E-state index contributed by atoms with van der Waals surface area (Å²) in [6.07, 6.45) is 12.1. The number of hydrogen-bond donors (Lipinski definition) is 2. The maximum atomic E-state index is 11.5. The minimum atomic E-state index is -0.428. The van der Waals surface area contributed by atoms with E-state index in [4.69, 9.17) is 15.2 Å². The predicted molar refractivity (Wildman–Crippen MR) is 93.8 cm³/mol. The van der Waals surface area contributed by atoms with Crippen molar-refractivity contribution in [2.24, 2.45) is 5.73 Å². The highest BCUT2D eigenvalue weighted by molar-refractivity contribution is 5.81. The van der Waals surface area contributed by atoms with Gasteiger partial charge in [0.2, 0.25) is 0 Å². The van der Waals surface area contributed by atoms with Crippen LogP contribution in [0.4, 0.5) is 4.79 Å². The molecular weight excluding hydrogens is 308 g/mol. The first-order valence-electron chi connectivity index (χ1n) is 9.04. The van der Waals surface area contributed by atoms with Gasteiger partial charge in [-0.1, -0.05) is 25.0 Å². The van der Waals surface area contributed by atoms with E-state index in [0.717, 1.165) is 25.7 Å². The molecule has 6 heteroatoms. The number of carbonyl (C=O) groups excluding carboxylic acids is 2. The number of alkyl carbamates (subject to hydrolysis) is 1. The van der Waals surface area contributed by atoms with E-state index in [1.165, 1.54) is 26.2 Å². The molecule has 0 heterocycles. The molecule has 0 bridgehead atoms. The van der Waals surface area contributed by atoms with Gasteiger partial charge in [0, 0.05) is 6.54 Å². The van der Waals surface area contributed by atoms with Crippen molar-refractivity contribution in [3.05, 3.63) is 12.2 Å². The standard InChI is InChI=1S/C18H32N2O4/c1-15(21)17(19)11-7-8-12-20-18(22)24-14-13-23-16-9-5-3-2-4-6-10-16/h5,9,16-17H,2-4,6-8,10-14,19H2,1H3,(H,20,22)/b9-5+. The molecule has 24 heavy (non-hydrogen) atoms. The summed E-state index contributed by atoms with van der Waals surface area (Å²) in [6.45, 7) is 2.69. The topological polar surface area (TPSA) is 90.7 Å². The quantitative estimate of drug-likeness (QED) is 0.471. The highest BCUT2D eigenvalue weighted by Crippen LogP contribution is 2.13. The Morgan fingerprint density at radius 2 is 2.08 bits per heavy atom. The number of carbonyl (C=O) groups is 2. The smallest absolute Gasteiger partial charge is 0.407 e. The van der Waals surface area contributed by atoms with Crippen molar-refractivity contribution < 1.29 is 19.1 Å². The van der Waals surface area contributed by atoms with Crippen LogP contribution in [-0.2, 0) is 14.3 Å². The average molecular weight is 340 g/mol. The van der Waals surface area contributed by atoms with Crippen LogP contribution in [0.3, 0.4) is 0 Å². The summed E-state index contributed by atoms with van der Waals surface area (Å²) >= 11 is 0. The number of nitrogens with one attached hydrogen (secondary N) is 1. The fourth-order valence-electron chi connectivity index (χ4n) is 2.54. The summed E-state index contributed by atoms with van der Waals surface area (Å²) in [6, 6.07) is -0.392. The summed E-state index contributed by atoms with van der Waals surface area (Å²) in [5.41, 5.74) is 5.64. The largest absolute Gasteiger partial charge is 0.447 e. The third-order valence-electron chi connectivity index (χ3n) is 4.09. The lowest BCUT2D eigenvalue weighted by molar-refractivity contribution is -0.118. The summed E-state index contributed by atoms with van der Waals surface area (Å²) in [4.78, 5) is 22.5. The maximum Gasteiger partial charge on any atom is 0.407 e. The molecule has 0 saturated carbocycles. The van der Waals surface area contributed by atoms with Gasteiger partial charge in [-0.25, -0.2) is 4.79 Å². The third kappa shape index (κ3) is 10.4. The minimum Gasteiger partial charge on any atom is -0.447 e. The van der Waals surface area contributed by atoms with Crippen LogP contribution in [0.2, 0.25) is 0 Å². The zero-order chi connectivity index (χ0) is 17.6. The molecule has 1 aliphatic carbocycles. The molecule has 0 spiro atoms. The van der Waals surface area contributed by atoms with Crippen molar-refractivity contribution in [3.8, 4) is 0 Å². The first-order valence-corrected chi connectivity index (χ1v) is 9.04. The molecule has 1 aliphatic rings. The summed E-state index contributed by atoms with van der Waals surface area (Å²) in [5, 5.41) is 2.69. The van der Waals surface area contributed by atoms with E-state index < -0.39 is 12.1 Å². The lowest BCUT2D eigenvalue weighted by atomic mass is 10.0. The Balaban J connectivity index is 1.97. The van der Waals surface area contributed by atoms with Gasteiger partial charge in [-0.05, 0) is 45.4 Å². The van der Waals surface area contributed by atoms with E-state index in [1.807, 2.05) is 0 Å². The zero-order valence-electron chi connectivity index (χ0n) is 14.8. The normalized spacial score (nSPS) is 20.5. The van der Waals surface area contributed by atoms with Crippen LogP contribution in [-0.4, -0.2) is 43.8 Å². The van der Waals surface area contributed by atoms with Crippen LogP contribution in [0.5, 0.6) is 0 Å². The first kappa shape index (κ1) is 20.6. The number of Topliss-reactive ketones (excluding diaryl/α,β-unsaturated/α-hetero) is 1. The molecular formula is C18H32N2O4. The van der Waals surface area contributed by atoms with Crippen molar-refractivity contribution in [2.45, 2.75) is 70.4 Å². The van der Waals surface area contributed by atoms with E-state index in [9.17, 15) is 9.59 Å². The highest BCUT2D eigenvalue weighted by Gasteiger charge is 2.09. The van der Waals surface area contributed by atoms with Gasteiger partial charge in [0.15, 0.2) is 0 Å². The molecule has 0 radical (unpaired) electrons. The van der Waals surface area contributed by atoms with Gasteiger partial charge in [0.1, 0.15) is 12.4 Å². The van der Waals surface area contributed by atoms with E-state index >= 15 is 0 Å². The highest BCUT2D eigenvalue weighted by atomic mass is 16.6. The molecule has 0 fully saturated rings. The van der Waals surface area contributed by atoms with Crippen LogP contribution >= 0.6 is 0 Å². The second kappa shape index (κ2) is 13.0. The molecule has 0 aromatic rings. The molecule has 0 aliphatic heterocycles. The molecule has 0 aromatic carbocycles. The molecule has 3 N–H and O–H groups in total. The summed E-state index contributed by atoms with van der Waals surface area (Å²) in [5.74, 6) is 0.00139. The van der Waals surface area contributed by atoms with Crippen LogP contribution in [0.25, 0.3) is 0 Å². The van der Waals surface area contributed by atoms with Crippen LogP contribution in [0.1, 0.15) is 58.3 Å². The van der Waals surface area contributed by atoms with E-state index in [2.05, 4.69) is 17.5 Å². The van der Waals surface area contributed by atoms with Crippen LogP contribution in [0.15, 0.2) is 12.2 Å². The van der Waals surface area contributed by atoms with E-state index in [-0.39, 0.29) is 18.5 Å². The van der Waals surface area contributed by atoms with Gasteiger partial charge >= 0.3 is 6.09 Å². The van der Waals surface area contributed by atoms with E-state index in [0.29, 0.717) is 19.6 Å². The monoisotopic (exact) mass is 340 g/mol. The molecule has 1 amide bonds. The predicted octanol–water partition coefficient (Wildman–Crippen LogP) is 2.70. The van der Waals surface area contributed by atoms with Crippen molar-refractivity contribution in [1.29, 1.82) is 0 Å². The first-order chi connectivity index (χ1) is 11.6. The second-order valence-corrected chi connectivity index (χ2v) is 6.25. The molecule has 2 unspecified atom stereocenters. The van der Waals surface area contributed by atoms with Crippen molar-refractivity contribution in [1.82, 2.24) is 5.32 Å². The average Bonchev–Trinajstić information content (AvgIpc) is 2.52. The van der Waals surface area contributed by atoms with Gasteiger partial charge < -0.3 is 20.5 Å². The van der Waals surface area contributed by atoms with Crippen LogP contribution in [0, 0.1) is 0 Å². The van der Waals surface area contributed by atoms with Gasteiger partial charge in [-0.15, -0.1) is 0 Å². The number of rotatable bonds is 10. The van der Waals surface area contributed by atoms with Crippen molar-refractivity contribution in [2.75, 3.05) is 19.8 Å². The number of nitrogens with two attached hydrogens (primary N) is 1. The molecule has 2 atom stereocenters. The molecule has 0 aromatic heterocycles. The number of ether oxygens (including phenoxy) is 2.